The summed E-state index contributed by atoms with van der Waals surface area (Å²) in [7, 11) is 1.78. The van der Waals surface area contributed by atoms with Crippen molar-refractivity contribution in [1.82, 2.24) is 29.5 Å². The molecule has 3 N–H and O–H groups in total. The zero-order chi connectivity index (χ0) is 25.7. The summed E-state index contributed by atoms with van der Waals surface area (Å²) in [5, 5.41) is 15.5. The lowest BCUT2D eigenvalue weighted by molar-refractivity contribution is 0.454. The van der Waals surface area contributed by atoms with E-state index in [0.717, 1.165) is 18.4 Å². The first-order valence-electron chi connectivity index (χ1n) is 11.5. The molecular weight excluding hydrogens is 499 g/mol. The number of nitrogens with one attached hydrogen (secondary N) is 2. The Balaban J connectivity index is 1.55. The fraction of sp³-hybridized carbons (Fsp3) is 0.160. The van der Waals surface area contributed by atoms with E-state index >= 15 is 0 Å². The maximum Gasteiger partial charge on any atom is 0.326 e. The van der Waals surface area contributed by atoms with Crippen molar-refractivity contribution in [3.05, 3.63) is 86.5 Å². The Bertz CT molecular complexity index is 1840. The minimum Gasteiger partial charge on any atom is -0.493 e. The van der Waals surface area contributed by atoms with Crippen molar-refractivity contribution >= 4 is 35.0 Å². The van der Waals surface area contributed by atoms with Crippen molar-refractivity contribution in [3.63, 3.8) is 0 Å². The molecule has 0 atom stereocenters. The number of imidazole rings is 1. The van der Waals surface area contributed by atoms with Gasteiger partial charge in [-0.05, 0) is 54.8 Å². The van der Waals surface area contributed by atoms with Crippen molar-refractivity contribution in [3.8, 4) is 17.0 Å². The van der Waals surface area contributed by atoms with E-state index in [4.69, 9.17) is 21.6 Å². The zero-order valence-electron chi connectivity index (χ0n) is 19.5. The highest BCUT2D eigenvalue weighted by molar-refractivity contribution is 6.30. The number of anilines is 2. The smallest absolute Gasteiger partial charge is 0.326 e. The number of aromatic hydroxyl groups is 1. The van der Waals surface area contributed by atoms with Crippen molar-refractivity contribution in [2.45, 2.75) is 18.9 Å². The SMILES string of the molecule is CN(c1nc(=NC2CC2)n2ncc(=Cc3[nH]c(=O)[nH]c3O)c2n1)c1ccc(F)cc1-c1cccc(Cl)c1. The zero-order valence-corrected chi connectivity index (χ0v) is 20.2. The highest BCUT2D eigenvalue weighted by atomic mass is 35.5. The van der Waals surface area contributed by atoms with Crippen LogP contribution in [0.15, 0.2) is 58.4 Å². The van der Waals surface area contributed by atoms with E-state index in [9.17, 15) is 14.3 Å². The average Bonchev–Trinajstić information content (AvgIpc) is 3.51. The molecule has 0 radical (unpaired) electrons. The number of H-pyrrole nitrogens is 2. The summed E-state index contributed by atoms with van der Waals surface area (Å²) in [5.74, 6) is -0.374. The normalized spacial score (nSPS) is 14.6. The van der Waals surface area contributed by atoms with Gasteiger partial charge in [-0.3, -0.25) is 4.98 Å². The molecule has 5 aromatic rings. The highest BCUT2D eigenvalue weighted by Crippen LogP contribution is 2.34. The van der Waals surface area contributed by atoms with Crippen LogP contribution in [0.1, 0.15) is 18.5 Å². The van der Waals surface area contributed by atoms with Crippen LogP contribution < -0.4 is 21.4 Å². The molecule has 10 nitrogen and oxygen atoms in total. The van der Waals surface area contributed by atoms with Crippen LogP contribution in [-0.4, -0.2) is 47.7 Å². The van der Waals surface area contributed by atoms with Crippen molar-refractivity contribution in [1.29, 1.82) is 0 Å². The van der Waals surface area contributed by atoms with E-state index < -0.39 is 5.69 Å². The van der Waals surface area contributed by atoms with E-state index in [1.54, 1.807) is 48.5 Å². The second kappa shape index (κ2) is 8.86. The predicted molar refractivity (Wildman–Crippen MR) is 136 cm³/mol. The minimum atomic E-state index is -0.537. The largest absolute Gasteiger partial charge is 0.493 e. The summed E-state index contributed by atoms with van der Waals surface area (Å²) < 4.78 is 15.8. The average molecular weight is 519 g/mol. The number of hydrogen-bond donors (Lipinski definition) is 3. The molecule has 0 bridgehead atoms. The summed E-state index contributed by atoms with van der Waals surface area (Å²) >= 11 is 6.21. The van der Waals surface area contributed by atoms with Crippen LogP contribution >= 0.6 is 11.6 Å². The van der Waals surface area contributed by atoms with E-state index in [-0.39, 0.29) is 23.4 Å². The molecule has 1 saturated carbocycles. The number of aromatic amines is 2. The van der Waals surface area contributed by atoms with Gasteiger partial charge in [0.2, 0.25) is 11.8 Å². The van der Waals surface area contributed by atoms with Gasteiger partial charge in [0, 0.05) is 22.9 Å². The van der Waals surface area contributed by atoms with Gasteiger partial charge in [-0.1, -0.05) is 23.7 Å². The summed E-state index contributed by atoms with van der Waals surface area (Å²) in [6.45, 7) is 0. The standard InChI is InChI=1S/C25H20ClFN8O2/c1-34(20-8-5-16(27)11-18(20)13-3-2-4-15(26)9-13)23-31-21-14(10-19-22(36)32-25(37)30-19)12-28-35(21)24(33-23)29-17-6-7-17/h2-5,8-12,17,36H,6-7H2,1H3,(H2,30,32,37). The van der Waals surface area contributed by atoms with Gasteiger partial charge < -0.3 is 15.0 Å². The monoisotopic (exact) mass is 518 g/mol. The number of benzene rings is 2. The molecular formula is C25H20ClFN8O2. The quantitative estimate of drug-likeness (QED) is 0.328. The van der Waals surface area contributed by atoms with Gasteiger partial charge in [0.1, 0.15) is 11.5 Å². The molecule has 12 heteroatoms. The third kappa shape index (κ3) is 4.45. The van der Waals surface area contributed by atoms with Gasteiger partial charge >= 0.3 is 5.69 Å². The first-order chi connectivity index (χ1) is 17.9. The summed E-state index contributed by atoms with van der Waals surface area (Å²) in [4.78, 5) is 32.2. The molecule has 6 rings (SSSR count). The van der Waals surface area contributed by atoms with Gasteiger partial charge in [0.25, 0.3) is 5.62 Å². The van der Waals surface area contributed by atoms with E-state index in [1.165, 1.54) is 16.6 Å². The Morgan fingerprint density at radius 3 is 2.78 bits per heavy atom. The van der Waals surface area contributed by atoms with E-state index in [0.29, 0.717) is 38.7 Å². The Morgan fingerprint density at radius 1 is 1.22 bits per heavy atom. The topological polar surface area (TPSA) is 128 Å². The van der Waals surface area contributed by atoms with Crippen LogP contribution in [0, 0.1) is 5.82 Å². The number of fused-ring (bicyclic) bond motifs is 1. The lowest BCUT2D eigenvalue weighted by Gasteiger charge is -2.21. The number of nitrogens with zero attached hydrogens (tertiary/aromatic N) is 6. The van der Waals surface area contributed by atoms with E-state index in [1.807, 2.05) is 6.07 Å². The Kier molecular flexibility index (Phi) is 5.49. The number of rotatable bonds is 5. The third-order valence-electron chi connectivity index (χ3n) is 6.00. The third-order valence-corrected chi connectivity index (χ3v) is 6.24. The van der Waals surface area contributed by atoms with Gasteiger partial charge in [-0.15, -0.1) is 0 Å². The maximum absolute atomic E-state index is 14.3. The van der Waals surface area contributed by atoms with Gasteiger partial charge in [-0.2, -0.15) is 19.6 Å². The first-order valence-corrected chi connectivity index (χ1v) is 11.9. The molecule has 0 unspecified atom stereocenters. The summed E-state index contributed by atoms with van der Waals surface area (Å²) in [6.07, 6.45) is 5.04. The maximum atomic E-state index is 14.3. The molecule has 0 spiro atoms. The second-order valence-corrected chi connectivity index (χ2v) is 9.17. The van der Waals surface area contributed by atoms with Crippen molar-refractivity contribution < 1.29 is 9.50 Å². The predicted octanol–water partition coefficient (Wildman–Crippen LogP) is 2.68. The summed E-state index contributed by atoms with van der Waals surface area (Å²) in [6, 6.07) is 11.8. The Labute approximate surface area is 213 Å². The lowest BCUT2D eigenvalue weighted by atomic mass is 10.0. The minimum absolute atomic E-state index is 0.158. The molecule has 1 aliphatic rings. The van der Waals surface area contributed by atoms with E-state index in [2.05, 4.69) is 20.1 Å². The molecule has 0 saturated heterocycles. The number of halogens is 2. The Morgan fingerprint density at radius 2 is 2.05 bits per heavy atom. The number of aromatic nitrogens is 6. The fourth-order valence-corrected chi connectivity index (χ4v) is 4.21. The van der Waals surface area contributed by atoms with Crippen LogP contribution in [-0.2, 0) is 0 Å². The molecule has 3 heterocycles. The second-order valence-electron chi connectivity index (χ2n) is 8.74. The molecule has 1 aliphatic carbocycles. The van der Waals surface area contributed by atoms with Crippen molar-refractivity contribution in [2.75, 3.05) is 11.9 Å². The summed E-state index contributed by atoms with van der Waals surface area (Å²) in [5.41, 5.74) is 2.45. The van der Waals surface area contributed by atoms with Gasteiger partial charge in [0.15, 0.2) is 5.65 Å². The van der Waals surface area contributed by atoms with Gasteiger partial charge in [0.05, 0.1) is 17.9 Å². The van der Waals surface area contributed by atoms with Crippen LogP contribution in [0.3, 0.4) is 0 Å². The number of hydrogen-bond acceptors (Lipinski definition) is 7. The first kappa shape index (κ1) is 22.9. The fourth-order valence-electron chi connectivity index (χ4n) is 4.02. The molecule has 0 amide bonds. The molecule has 186 valence electrons. The van der Waals surface area contributed by atoms with Gasteiger partial charge in [-0.25, -0.2) is 14.2 Å². The van der Waals surface area contributed by atoms with Crippen LogP contribution in [0.2, 0.25) is 5.02 Å². The van der Waals surface area contributed by atoms with Crippen molar-refractivity contribution in [2.24, 2.45) is 4.99 Å². The molecule has 2 aromatic carbocycles. The molecule has 37 heavy (non-hydrogen) atoms. The molecule has 3 aromatic heterocycles. The molecule has 1 fully saturated rings. The highest BCUT2D eigenvalue weighted by Gasteiger charge is 2.22. The van der Waals surface area contributed by atoms with Crippen LogP contribution in [0.4, 0.5) is 16.0 Å². The van der Waals surface area contributed by atoms with Crippen LogP contribution in [0.25, 0.3) is 22.9 Å². The molecule has 0 aliphatic heterocycles. The lowest BCUT2D eigenvalue weighted by Crippen LogP contribution is -2.27. The van der Waals surface area contributed by atoms with Crippen LogP contribution in [0.5, 0.6) is 5.88 Å². The Hall–Kier alpha value is -4.51.